The Kier molecular flexibility index (Phi) is 6.83. The van der Waals surface area contributed by atoms with Crippen LogP contribution in [-0.2, 0) is 9.59 Å². The van der Waals surface area contributed by atoms with Crippen LogP contribution in [0.4, 0.5) is 11.4 Å². The summed E-state index contributed by atoms with van der Waals surface area (Å²) in [5, 5.41) is 30.6. The first-order valence-corrected chi connectivity index (χ1v) is 9.54. The number of hydrogen-bond donors (Lipinski definition) is 3. The third-order valence-corrected chi connectivity index (χ3v) is 4.79. The number of hydrogen-bond acceptors (Lipinski definition) is 7. The predicted molar refractivity (Wildman–Crippen MR) is 112 cm³/mol. The number of aliphatic carboxylic acids is 1. The molecule has 0 bridgehead atoms. The zero-order valence-electron chi connectivity index (χ0n) is 15.5. The molecular formula is C19H17ClN5O4S-. The molecule has 1 amide bonds. The Bertz CT molecular complexity index is 1100. The Balaban J connectivity index is 1.81. The maximum Gasteiger partial charge on any atom is 0.243 e. The summed E-state index contributed by atoms with van der Waals surface area (Å²) in [5.74, 6) is -1.99. The van der Waals surface area contributed by atoms with Gasteiger partial charge in [0, 0.05) is 16.4 Å². The zero-order chi connectivity index (χ0) is 21.7. The van der Waals surface area contributed by atoms with Crippen molar-refractivity contribution in [3.8, 4) is 5.69 Å². The predicted octanol–water partition coefficient (Wildman–Crippen LogP) is 1.14. The van der Waals surface area contributed by atoms with E-state index in [0.29, 0.717) is 26.9 Å². The smallest absolute Gasteiger partial charge is 0.243 e. The number of aliphatic hydroxyl groups excluding tert-OH is 1. The number of aromatic amines is 1. The van der Waals surface area contributed by atoms with Crippen LogP contribution in [0.1, 0.15) is 0 Å². The molecule has 9 nitrogen and oxygen atoms in total. The molecule has 3 aromatic rings. The highest BCUT2D eigenvalue weighted by atomic mass is 35.5. The van der Waals surface area contributed by atoms with Crippen molar-refractivity contribution < 1.29 is 19.8 Å². The monoisotopic (exact) mass is 446 g/mol. The van der Waals surface area contributed by atoms with E-state index in [1.807, 2.05) is 0 Å². The summed E-state index contributed by atoms with van der Waals surface area (Å²) < 4.78 is 2.02. The minimum Gasteiger partial charge on any atom is -0.548 e. The van der Waals surface area contributed by atoms with Crippen LogP contribution < -0.4 is 15.3 Å². The number of nitrogens with zero attached hydrogens (tertiary/aromatic N) is 3. The number of carbonyl (C=O) groups is 2. The van der Waals surface area contributed by atoms with Crippen molar-refractivity contribution in [3.63, 3.8) is 0 Å². The standard InChI is InChI=1S/C19H18ClN5O4S/c20-12-4-6-14(7-5-12)24(16(10-26)18(28)29)9-17(27)22-13-2-1-3-15(8-13)25-11-21-23-19(25)30/h1-8,11,16,26H,9-10H2,(H,22,27)(H,23,30)(H,28,29)/p-1. The Hall–Kier alpha value is -3.21. The zero-order valence-corrected chi connectivity index (χ0v) is 17.1. The average Bonchev–Trinajstić information content (AvgIpc) is 3.14. The van der Waals surface area contributed by atoms with Crippen molar-refractivity contribution in [3.05, 3.63) is 64.7 Å². The van der Waals surface area contributed by atoms with Crippen LogP contribution in [-0.4, -0.2) is 50.9 Å². The summed E-state index contributed by atoms with van der Waals surface area (Å²) in [4.78, 5) is 25.4. The fourth-order valence-electron chi connectivity index (χ4n) is 2.84. The Morgan fingerprint density at radius 1 is 1.30 bits per heavy atom. The highest BCUT2D eigenvalue weighted by Crippen LogP contribution is 2.21. The molecule has 0 radical (unpaired) electrons. The van der Waals surface area contributed by atoms with Gasteiger partial charge in [0.1, 0.15) is 6.33 Å². The molecule has 3 N–H and O–H groups in total. The van der Waals surface area contributed by atoms with Crippen molar-refractivity contribution in [2.75, 3.05) is 23.4 Å². The van der Waals surface area contributed by atoms with Crippen molar-refractivity contribution in [2.45, 2.75) is 6.04 Å². The maximum absolute atomic E-state index is 12.7. The molecule has 0 aliphatic rings. The number of carboxylic acid groups (broad SMARTS) is 1. The van der Waals surface area contributed by atoms with Crippen LogP contribution in [0.25, 0.3) is 5.69 Å². The van der Waals surface area contributed by atoms with Gasteiger partial charge in [-0.1, -0.05) is 17.7 Å². The van der Waals surface area contributed by atoms with E-state index in [-0.39, 0.29) is 6.54 Å². The highest BCUT2D eigenvalue weighted by molar-refractivity contribution is 7.71. The second kappa shape index (κ2) is 9.53. The quantitative estimate of drug-likeness (QED) is 0.443. The molecule has 1 aromatic heterocycles. The van der Waals surface area contributed by atoms with Crippen molar-refractivity contribution >= 4 is 47.1 Å². The molecule has 0 fully saturated rings. The first-order chi connectivity index (χ1) is 14.4. The lowest BCUT2D eigenvalue weighted by atomic mass is 10.2. The molecule has 156 valence electrons. The molecule has 2 aromatic carbocycles. The van der Waals surface area contributed by atoms with Crippen molar-refractivity contribution in [2.24, 2.45) is 0 Å². The van der Waals surface area contributed by atoms with Gasteiger partial charge >= 0.3 is 0 Å². The Morgan fingerprint density at radius 3 is 2.63 bits per heavy atom. The highest BCUT2D eigenvalue weighted by Gasteiger charge is 2.22. The maximum atomic E-state index is 12.7. The Labute approximate surface area is 181 Å². The molecule has 1 heterocycles. The minimum atomic E-state index is -1.50. The fraction of sp³-hybridized carbons (Fsp3) is 0.158. The second-order valence-electron chi connectivity index (χ2n) is 6.25. The number of benzene rings is 2. The lowest BCUT2D eigenvalue weighted by Crippen LogP contribution is -2.52. The number of nitrogens with one attached hydrogen (secondary N) is 2. The van der Waals surface area contributed by atoms with Gasteiger partial charge in [0.2, 0.25) is 5.91 Å². The topological polar surface area (TPSA) is 126 Å². The number of carbonyl (C=O) groups excluding carboxylic acids is 2. The van der Waals surface area contributed by atoms with Gasteiger partial charge in [0.15, 0.2) is 4.77 Å². The van der Waals surface area contributed by atoms with E-state index in [4.69, 9.17) is 23.8 Å². The molecule has 30 heavy (non-hydrogen) atoms. The molecule has 0 saturated carbocycles. The van der Waals surface area contributed by atoms with Gasteiger partial charge in [0.05, 0.1) is 30.9 Å². The van der Waals surface area contributed by atoms with Gasteiger partial charge in [-0.05, 0) is 54.7 Å². The number of aliphatic hydroxyl groups is 1. The number of amides is 1. The van der Waals surface area contributed by atoms with E-state index in [2.05, 4.69) is 15.5 Å². The SMILES string of the molecule is O=C(CN(c1ccc(Cl)cc1)C(CO)C(=O)[O-])Nc1cccc(-n2cn[nH]c2=S)c1. The van der Waals surface area contributed by atoms with Crippen molar-refractivity contribution in [1.82, 2.24) is 14.8 Å². The Morgan fingerprint density at radius 2 is 2.03 bits per heavy atom. The number of rotatable bonds is 8. The van der Waals surface area contributed by atoms with Gasteiger partial charge in [-0.2, -0.15) is 5.10 Å². The molecule has 1 unspecified atom stereocenters. The third-order valence-electron chi connectivity index (χ3n) is 4.25. The summed E-state index contributed by atoms with van der Waals surface area (Å²) in [6.07, 6.45) is 1.51. The van der Waals surface area contributed by atoms with Crippen LogP contribution in [0.5, 0.6) is 0 Å². The fourth-order valence-corrected chi connectivity index (χ4v) is 3.17. The number of H-pyrrole nitrogens is 1. The second-order valence-corrected chi connectivity index (χ2v) is 7.07. The van der Waals surface area contributed by atoms with Crippen LogP contribution >= 0.6 is 23.8 Å². The van der Waals surface area contributed by atoms with Gasteiger partial charge in [-0.25, -0.2) is 0 Å². The lowest BCUT2D eigenvalue weighted by Gasteiger charge is -2.32. The number of carboxylic acids is 1. The summed E-state index contributed by atoms with van der Waals surface area (Å²) in [6.45, 7) is -1.07. The molecule has 11 heteroatoms. The summed E-state index contributed by atoms with van der Waals surface area (Å²) >= 11 is 11.0. The van der Waals surface area contributed by atoms with E-state index < -0.39 is 24.5 Å². The van der Waals surface area contributed by atoms with Gasteiger partial charge in [-0.3, -0.25) is 14.5 Å². The number of aromatic nitrogens is 3. The van der Waals surface area contributed by atoms with Crippen LogP contribution in [0.15, 0.2) is 54.9 Å². The van der Waals surface area contributed by atoms with E-state index in [0.717, 1.165) is 0 Å². The number of anilines is 2. The molecule has 3 rings (SSSR count). The molecule has 0 aliphatic carbocycles. The van der Waals surface area contributed by atoms with Crippen molar-refractivity contribution in [1.29, 1.82) is 0 Å². The van der Waals surface area contributed by atoms with Crippen LogP contribution in [0.3, 0.4) is 0 Å². The van der Waals surface area contributed by atoms with Crippen LogP contribution in [0.2, 0.25) is 5.02 Å². The first kappa shape index (κ1) is 21.5. The van der Waals surface area contributed by atoms with Gasteiger partial charge < -0.3 is 25.2 Å². The summed E-state index contributed by atoms with van der Waals surface area (Å²) in [6, 6.07) is 11.7. The van der Waals surface area contributed by atoms with E-state index in [1.54, 1.807) is 53.1 Å². The largest absolute Gasteiger partial charge is 0.548 e. The first-order valence-electron chi connectivity index (χ1n) is 8.75. The molecule has 0 saturated heterocycles. The van der Waals surface area contributed by atoms with E-state index >= 15 is 0 Å². The minimum absolute atomic E-state index is 0.337. The third kappa shape index (κ3) is 5.03. The normalized spacial score (nSPS) is 11.7. The summed E-state index contributed by atoms with van der Waals surface area (Å²) in [5.41, 5.74) is 1.56. The number of halogens is 1. The van der Waals surface area contributed by atoms with Gasteiger partial charge in [0.25, 0.3) is 0 Å². The molecule has 1 atom stereocenters. The summed E-state index contributed by atoms with van der Waals surface area (Å²) in [7, 11) is 0. The van der Waals surface area contributed by atoms with E-state index in [9.17, 15) is 19.8 Å². The average molecular weight is 447 g/mol. The lowest BCUT2D eigenvalue weighted by molar-refractivity contribution is -0.308. The van der Waals surface area contributed by atoms with Crippen LogP contribution in [0, 0.1) is 4.77 Å². The van der Waals surface area contributed by atoms with Gasteiger partial charge in [-0.15, -0.1) is 0 Å². The van der Waals surface area contributed by atoms with E-state index in [1.165, 1.54) is 11.2 Å². The molecular weight excluding hydrogens is 430 g/mol. The molecule has 0 aliphatic heterocycles. The molecule has 0 spiro atoms.